The number of likely N-dealkylation sites (tertiary alicyclic amines) is 1. The maximum absolute atomic E-state index is 12.4. The van der Waals surface area contributed by atoms with Crippen molar-refractivity contribution in [1.29, 1.82) is 0 Å². The molecule has 0 aromatic carbocycles. The molecule has 2 aromatic rings. The van der Waals surface area contributed by atoms with Crippen molar-refractivity contribution in [1.82, 2.24) is 24.8 Å². The van der Waals surface area contributed by atoms with E-state index < -0.39 is 0 Å². The number of carbonyl (C=O) groups is 1. The topological polar surface area (TPSA) is 93.1 Å². The average molecular weight is 342 g/mol. The molecule has 1 saturated heterocycles. The third-order valence-electron chi connectivity index (χ3n) is 3.92. The fraction of sp³-hybridized carbons (Fsp3) is 0.471. The number of nitrogens with one attached hydrogen (secondary N) is 1. The fourth-order valence-electron chi connectivity index (χ4n) is 2.73. The van der Waals surface area contributed by atoms with Crippen LogP contribution in [0.4, 0.5) is 5.82 Å². The van der Waals surface area contributed by atoms with Gasteiger partial charge in [0.05, 0.1) is 12.3 Å². The van der Waals surface area contributed by atoms with Crippen LogP contribution >= 0.6 is 0 Å². The van der Waals surface area contributed by atoms with E-state index in [1.807, 2.05) is 18.7 Å². The van der Waals surface area contributed by atoms with Crippen molar-refractivity contribution in [3.8, 4) is 5.88 Å². The van der Waals surface area contributed by atoms with Gasteiger partial charge in [0.1, 0.15) is 5.69 Å². The normalized spacial score (nSPS) is 15.2. The summed E-state index contributed by atoms with van der Waals surface area (Å²) in [6.45, 7) is 5.23. The Labute approximate surface area is 146 Å². The van der Waals surface area contributed by atoms with Gasteiger partial charge in [-0.25, -0.2) is 15.0 Å². The SMILES string of the molecule is CC(C)Oc1nccnc1NC1CCN(C(=O)c2cnccn2)CC1. The van der Waals surface area contributed by atoms with E-state index in [0.717, 1.165) is 12.8 Å². The summed E-state index contributed by atoms with van der Waals surface area (Å²) < 4.78 is 5.69. The van der Waals surface area contributed by atoms with Crippen LogP contribution in [0.3, 0.4) is 0 Å². The van der Waals surface area contributed by atoms with Crippen LogP contribution in [0.5, 0.6) is 5.88 Å². The number of amides is 1. The molecule has 0 spiro atoms. The lowest BCUT2D eigenvalue weighted by molar-refractivity contribution is 0.0712. The van der Waals surface area contributed by atoms with E-state index in [1.54, 1.807) is 18.6 Å². The van der Waals surface area contributed by atoms with Gasteiger partial charge in [0, 0.05) is 43.9 Å². The van der Waals surface area contributed by atoms with E-state index >= 15 is 0 Å². The molecule has 0 bridgehead atoms. The number of aromatic nitrogens is 4. The number of ether oxygens (including phenoxy) is 1. The molecule has 0 aliphatic carbocycles. The molecular weight excluding hydrogens is 320 g/mol. The van der Waals surface area contributed by atoms with Gasteiger partial charge in [-0.2, -0.15) is 0 Å². The van der Waals surface area contributed by atoms with E-state index in [2.05, 4.69) is 25.3 Å². The molecule has 0 unspecified atom stereocenters. The highest BCUT2D eigenvalue weighted by Gasteiger charge is 2.25. The molecule has 3 heterocycles. The minimum absolute atomic E-state index is 0.0312. The number of anilines is 1. The van der Waals surface area contributed by atoms with Crippen LogP contribution in [-0.4, -0.2) is 56.0 Å². The van der Waals surface area contributed by atoms with E-state index in [-0.39, 0.29) is 18.1 Å². The van der Waals surface area contributed by atoms with E-state index in [0.29, 0.717) is 30.5 Å². The van der Waals surface area contributed by atoms with Crippen molar-refractivity contribution >= 4 is 11.7 Å². The summed E-state index contributed by atoms with van der Waals surface area (Å²) in [5, 5.41) is 3.39. The molecule has 8 nitrogen and oxygen atoms in total. The van der Waals surface area contributed by atoms with Crippen LogP contribution in [0.25, 0.3) is 0 Å². The predicted octanol–water partition coefficient (Wildman–Crippen LogP) is 1.77. The monoisotopic (exact) mass is 342 g/mol. The van der Waals surface area contributed by atoms with Crippen molar-refractivity contribution in [2.45, 2.75) is 38.8 Å². The Kier molecular flexibility index (Phi) is 5.37. The lowest BCUT2D eigenvalue weighted by atomic mass is 10.0. The van der Waals surface area contributed by atoms with E-state index in [4.69, 9.17) is 4.74 Å². The first kappa shape index (κ1) is 17.1. The standard InChI is InChI=1S/C17H22N6O2/c1-12(2)25-16-15(20-7-8-21-16)22-13-3-9-23(10-4-13)17(24)14-11-18-5-6-19-14/h5-8,11-13H,3-4,9-10H2,1-2H3,(H,20,22). The number of hydrogen-bond acceptors (Lipinski definition) is 7. The van der Waals surface area contributed by atoms with Crippen molar-refractivity contribution < 1.29 is 9.53 Å². The fourth-order valence-corrected chi connectivity index (χ4v) is 2.73. The van der Waals surface area contributed by atoms with Gasteiger partial charge in [0.15, 0.2) is 5.82 Å². The van der Waals surface area contributed by atoms with Crippen molar-refractivity contribution in [3.05, 3.63) is 36.7 Å². The zero-order valence-corrected chi connectivity index (χ0v) is 14.4. The van der Waals surface area contributed by atoms with Gasteiger partial charge >= 0.3 is 0 Å². The first-order valence-electron chi connectivity index (χ1n) is 8.43. The van der Waals surface area contributed by atoms with Crippen LogP contribution in [0.15, 0.2) is 31.0 Å². The summed E-state index contributed by atoms with van der Waals surface area (Å²) >= 11 is 0. The number of rotatable bonds is 5. The molecule has 1 amide bonds. The summed E-state index contributed by atoms with van der Waals surface area (Å²) in [7, 11) is 0. The second-order valence-corrected chi connectivity index (χ2v) is 6.18. The average Bonchev–Trinajstić information content (AvgIpc) is 2.64. The maximum atomic E-state index is 12.4. The van der Waals surface area contributed by atoms with Crippen LogP contribution in [-0.2, 0) is 0 Å². The maximum Gasteiger partial charge on any atom is 0.274 e. The van der Waals surface area contributed by atoms with E-state index in [9.17, 15) is 4.79 Å². The Morgan fingerprint density at radius 2 is 1.88 bits per heavy atom. The van der Waals surface area contributed by atoms with Crippen LogP contribution in [0.1, 0.15) is 37.2 Å². The Hall–Kier alpha value is -2.77. The van der Waals surface area contributed by atoms with E-state index in [1.165, 1.54) is 12.4 Å². The first-order chi connectivity index (χ1) is 12.1. The molecular formula is C17H22N6O2. The summed E-state index contributed by atoms with van der Waals surface area (Å²) in [5.74, 6) is 1.08. The molecule has 8 heteroatoms. The molecule has 1 fully saturated rings. The van der Waals surface area contributed by atoms with Crippen molar-refractivity contribution in [2.24, 2.45) is 0 Å². The summed E-state index contributed by atoms with van der Waals surface area (Å²) in [5.41, 5.74) is 0.385. The number of hydrogen-bond donors (Lipinski definition) is 1. The van der Waals surface area contributed by atoms with Crippen molar-refractivity contribution in [3.63, 3.8) is 0 Å². The van der Waals surface area contributed by atoms with Gasteiger partial charge in [0.2, 0.25) is 0 Å². The quantitative estimate of drug-likeness (QED) is 0.885. The summed E-state index contributed by atoms with van der Waals surface area (Å²) in [6, 6.07) is 0.220. The van der Waals surface area contributed by atoms with Gasteiger partial charge in [-0.1, -0.05) is 0 Å². The predicted molar refractivity (Wildman–Crippen MR) is 92.4 cm³/mol. The molecule has 1 aliphatic heterocycles. The highest BCUT2D eigenvalue weighted by Crippen LogP contribution is 2.23. The van der Waals surface area contributed by atoms with Gasteiger partial charge in [-0.05, 0) is 26.7 Å². The Morgan fingerprint density at radius 3 is 2.56 bits per heavy atom. The molecule has 132 valence electrons. The second kappa shape index (κ2) is 7.87. The molecule has 0 saturated carbocycles. The number of carbonyl (C=O) groups excluding carboxylic acids is 1. The minimum Gasteiger partial charge on any atom is -0.472 e. The second-order valence-electron chi connectivity index (χ2n) is 6.18. The molecule has 3 rings (SSSR count). The Bertz CT molecular complexity index is 701. The molecule has 1 N–H and O–H groups in total. The third-order valence-corrected chi connectivity index (χ3v) is 3.92. The van der Waals surface area contributed by atoms with Gasteiger partial charge in [-0.15, -0.1) is 0 Å². The van der Waals surface area contributed by atoms with Crippen LogP contribution in [0.2, 0.25) is 0 Å². The van der Waals surface area contributed by atoms with Gasteiger partial charge < -0.3 is 15.0 Å². The zero-order chi connectivity index (χ0) is 17.6. The first-order valence-corrected chi connectivity index (χ1v) is 8.43. The molecule has 2 aromatic heterocycles. The smallest absolute Gasteiger partial charge is 0.274 e. The van der Waals surface area contributed by atoms with Gasteiger partial charge in [0.25, 0.3) is 11.8 Å². The highest BCUT2D eigenvalue weighted by molar-refractivity contribution is 5.92. The minimum atomic E-state index is -0.0742. The largest absolute Gasteiger partial charge is 0.472 e. The van der Waals surface area contributed by atoms with Gasteiger partial charge in [-0.3, -0.25) is 9.78 Å². The molecule has 25 heavy (non-hydrogen) atoms. The molecule has 0 radical (unpaired) electrons. The zero-order valence-electron chi connectivity index (χ0n) is 14.4. The van der Waals surface area contributed by atoms with Crippen molar-refractivity contribution in [2.75, 3.05) is 18.4 Å². The number of nitrogens with zero attached hydrogens (tertiary/aromatic N) is 5. The van der Waals surface area contributed by atoms with Crippen LogP contribution in [0, 0.1) is 0 Å². The molecule has 1 aliphatic rings. The summed E-state index contributed by atoms with van der Waals surface area (Å²) in [4.78, 5) is 30.8. The third kappa shape index (κ3) is 4.40. The highest BCUT2D eigenvalue weighted by atomic mass is 16.5. The Balaban J connectivity index is 1.57. The van der Waals surface area contributed by atoms with Crippen LogP contribution < -0.4 is 10.1 Å². The summed E-state index contributed by atoms with van der Waals surface area (Å²) in [6.07, 6.45) is 9.53. The lowest BCUT2D eigenvalue weighted by Crippen LogP contribution is -2.42. The Morgan fingerprint density at radius 1 is 1.16 bits per heavy atom. The molecule has 0 atom stereocenters. The lowest BCUT2D eigenvalue weighted by Gasteiger charge is -2.32. The number of piperidine rings is 1.